The number of aromatic nitrogens is 1. The van der Waals surface area contributed by atoms with Crippen molar-refractivity contribution in [3.05, 3.63) is 82.2 Å². The molecule has 1 atom stereocenters. The Hall–Kier alpha value is -3.08. The predicted octanol–water partition coefficient (Wildman–Crippen LogP) is 4.63. The monoisotopic (exact) mass is 376 g/mol. The lowest BCUT2D eigenvalue weighted by Crippen LogP contribution is -2.30. The molecule has 1 aliphatic carbocycles. The molecular formula is C23H24N2O3. The van der Waals surface area contributed by atoms with E-state index in [2.05, 4.69) is 23.4 Å². The standard InChI is InChI=1S/C23H24N2O3/c1-15-21(16(2)28-24-15)14-27-19-11-8-18(9-12-19)23(26)25(3)22-13-10-17-6-4-5-7-20(17)22/h4-9,11-12,22H,10,13-14H2,1-3H3/t22-/m1/s1. The molecule has 4 rings (SSSR count). The van der Waals surface area contributed by atoms with Crippen LogP contribution in [0, 0.1) is 13.8 Å². The molecule has 1 aromatic heterocycles. The number of nitrogens with zero attached hydrogens (tertiary/aromatic N) is 2. The number of hydrogen-bond donors (Lipinski definition) is 0. The van der Waals surface area contributed by atoms with Gasteiger partial charge < -0.3 is 14.2 Å². The Morgan fingerprint density at radius 2 is 1.93 bits per heavy atom. The van der Waals surface area contributed by atoms with E-state index in [1.807, 2.05) is 56.1 Å². The second kappa shape index (κ2) is 7.50. The fraction of sp³-hybridized carbons (Fsp3) is 0.304. The van der Waals surface area contributed by atoms with Gasteiger partial charge in [-0.1, -0.05) is 29.4 Å². The molecule has 5 heteroatoms. The van der Waals surface area contributed by atoms with Crippen LogP contribution in [0.1, 0.15) is 51.0 Å². The van der Waals surface area contributed by atoms with Gasteiger partial charge in [0.05, 0.1) is 17.3 Å². The van der Waals surface area contributed by atoms with Crippen LogP contribution in [0.25, 0.3) is 0 Å². The minimum Gasteiger partial charge on any atom is -0.489 e. The third-order valence-corrected chi connectivity index (χ3v) is 5.55. The van der Waals surface area contributed by atoms with Gasteiger partial charge in [0.15, 0.2) is 0 Å². The van der Waals surface area contributed by atoms with E-state index in [1.54, 1.807) is 0 Å². The van der Waals surface area contributed by atoms with Gasteiger partial charge >= 0.3 is 0 Å². The molecular weight excluding hydrogens is 352 g/mol. The Kier molecular flexibility index (Phi) is 4.90. The zero-order valence-corrected chi connectivity index (χ0v) is 16.4. The summed E-state index contributed by atoms with van der Waals surface area (Å²) in [7, 11) is 1.89. The number of benzene rings is 2. The lowest BCUT2D eigenvalue weighted by molar-refractivity contribution is 0.0730. The van der Waals surface area contributed by atoms with Gasteiger partial charge in [-0.15, -0.1) is 0 Å². The van der Waals surface area contributed by atoms with Crippen LogP contribution in [-0.4, -0.2) is 23.0 Å². The van der Waals surface area contributed by atoms with Crippen molar-refractivity contribution >= 4 is 5.91 Å². The number of hydrogen-bond acceptors (Lipinski definition) is 4. The Morgan fingerprint density at radius 1 is 1.18 bits per heavy atom. The highest BCUT2D eigenvalue weighted by atomic mass is 16.5. The second-order valence-electron chi connectivity index (χ2n) is 7.29. The number of fused-ring (bicyclic) bond motifs is 1. The second-order valence-corrected chi connectivity index (χ2v) is 7.29. The molecule has 2 aromatic carbocycles. The molecule has 1 heterocycles. The molecule has 0 fully saturated rings. The predicted molar refractivity (Wildman–Crippen MR) is 106 cm³/mol. The van der Waals surface area contributed by atoms with Crippen LogP contribution >= 0.6 is 0 Å². The molecule has 28 heavy (non-hydrogen) atoms. The van der Waals surface area contributed by atoms with Crippen LogP contribution in [0.3, 0.4) is 0 Å². The molecule has 0 N–H and O–H groups in total. The molecule has 0 spiro atoms. The quantitative estimate of drug-likeness (QED) is 0.651. The van der Waals surface area contributed by atoms with E-state index in [9.17, 15) is 4.79 Å². The van der Waals surface area contributed by atoms with Crippen molar-refractivity contribution in [1.29, 1.82) is 0 Å². The van der Waals surface area contributed by atoms with Crippen molar-refractivity contribution in [2.24, 2.45) is 0 Å². The van der Waals surface area contributed by atoms with E-state index in [0.717, 1.165) is 29.9 Å². The van der Waals surface area contributed by atoms with Crippen LogP contribution in [0.2, 0.25) is 0 Å². The first-order valence-electron chi connectivity index (χ1n) is 9.54. The molecule has 5 nitrogen and oxygen atoms in total. The molecule has 0 unspecified atom stereocenters. The third-order valence-electron chi connectivity index (χ3n) is 5.55. The SMILES string of the molecule is Cc1noc(C)c1COc1ccc(C(=O)N(C)[C@@H]2CCc3ccccc32)cc1. The molecule has 0 radical (unpaired) electrons. The summed E-state index contributed by atoms with van der Waals surface area (Å²) >= 11 is 0. The summed E-state index contributed by atoms with van der Waals surface area (Å²) in [6.45, 7) is 4.17. The fourth-order valence-electron chi connectivity index (χ4n) is 3.84. The average Bonchev–Trinajstić information content (AvgIpc) is 3.29. The molecule has 1 amide bonds. The van der Waals surface area contributed by atoms with Crippen molar-refractivity contribution < 1.29 is 14.1 Å². The smallest absolute Gasteiger partial charge is 0.254 e. The van der Waals surface area contributed by atoms with Crippen molar-refractivity contribution in [2.75, 3.05) is 7.05 Å². The van der Waals surface area contributed by atoms with Gasteiger partial charge in [-0.25, -0.2) is 0 Å². The van der Waals surface area contributed by atoms with Crippen molar-refractivity contribution in [2.45, 2.75) is 39.3 Å². The average molecular weight is 376 g/mol. The van der Waals surface area contributed by atoms with Gasteiger partial charge in [-0.3, -0.25) is 4.79 Å². The highest BCUT2D eigenvalue weighted by Crippen LogP contribution is 2.35. The van der Waals surface area contributed by atoms with Crippen LogP contribution in [-0.2, 0) is 13.0 Å². The van der Waals surface area contributed by atoms with Crippen LogP contribution in [0.5, 0.6) is 5.75 Å². The minimum atomic E-state index is 0.0268. The van der Waals surface area contributed by atoms with E-state index in [-0.39, 0.29) is 11.9 Å². The van der Waals surface area contributed by atoms with E-state index >= 15 is 0 Å². The summed E-state index contributed by atoms with van der Waals surface area (Å²) in [5.74, 6) is 1.51. The first-order chi connectivity index (χ1) is 13.5. The molecule has 144 valence electrons. The number of aryl methyl sites for hydroxylation is 3. The van der Waals surface area contributed by atoms with Crippen LogP contribution in [0.15, 0.2) is 53.1 Å². The summed E-state index contributed by atoms with van der Waals surface area (Å²) in [5, 5.41) is 3.93. The first-order valence-corrected chi connectivity index (χ1v) is 9.54. The van der Waals surface area contributed by atoms with E-state index in [0.29, 0.717) is 17.9 Å². The molecule has 1 aliphatic rings. The Labute approximate surface area is 164 Å². The summed E-state index contributed by atoms with van der Waals surface area (Å²) in [6, 6.07) is 15.8. The first kappa shape index (κ1) is 18.3. The number of carbonyl (C=O) groups is 1. The zero-order chi connectivity index (χ0) is 19.7. The van der Waals surface area contributed by atoms with Crippen LogP contribution < -0.4 is 4.74 Å². The third kappa shape index (κ3) is 3.40. The number of carbonyl (C=O) groups excluding carboxylic acids is 1. The zero-order valence-electron chi connectivity index (χ0n) is 16.4. The van der Waals surface area contributed by atoms with Crippen molar-refractivity contribution in [3.63, 3.8) is 0 Å². The lowest BCUT2D eigenvalue weighted by atomic mass is 10.1. The summed E-state index contributed by atoms with van der Waals surface area (Å²) in [4.78, 5) is 14.8. The molecule has 0 aliphatic heterocycles. The highest BCUT2D eigenvalue weighted by molar-refractivity contribution is 5.94. The van der Waals surface area contributed by atoms with Crippen molar-refractivity contribution in [1.82, 2.24) is 10.1 Å². The van der Waals surface area contributed by atoms with E-state index < -0.39 is 0 Å². The van der Waals surface area contributed by atoms with E-state index in [4.69, 9.17) is 9.26 Å². The van der Waals surface area contributed by atoms with Crippen LogP contribution in [0.4, 0.5) is 0 Å². The Morgan fingerprint density at radius 3 is 2.64 bits per heavy atom. The lowest BCUT2D eigenvalue weighted by Gasteiger charge is -2.25. The van der Waals surface area contributed by atoms with Gasteiger partial charge in [-0.2, -0.15) is 0 Å². The summed E-state index contributed by atoms with van der Waals surface area (Å²) < 4.78 is 11.0. The molecule has 0 bridgehead atoms. The Balaban J connectivity index is 1.43. The summed E-state index contributed by atoms with van der Waals surface area (Å²) in [5.41, 5.74) is 5.06. The van der Waals surface area contributed by atoms with Gasteiger partial charge in [-0.05, 0) is 62.1 Å². The molecule has 0 saturated carbocycles. The van der Waals surface area contributed by atoms with Crippen molar-refractivity contribution in [3.8, 4) is 5.75 Å². The van der Waals surface area contributed by atoms with E-state index in [1.165, 1.54) is 11.1 Å². The highest BCUT2D eigenvalue weighted by Gasteiger charge is 2.28. The van der Waals surface area contributed by atoms with Gasteiger partial charge in [0.2, 0.25) is 0 Å². The maximum atomic E-state index is 13.0. The normalized spacial score (nSPS) is 15.3. The number of amides is 1. The maximum absolute atomic E-state index is 13.0. The largest absolute Gasteiger partial charge is 0.489 e. The number of ether oxygens (including phenoxy) is 1. The van der Waals surface area contributed by atoms with Gasteiger partial charge in [0.25, 0.3) is 5.91 Å². The Bertz CT molecular complexity index is 972. The molecule has 0 saturated heterocycles. The molecule has 3 aromatic rings. The topological polar surface area (TPSA) is 55.6 Å². The minimum absolute atomic E-state index is 0.0268. The van der Waals surface area contributed by atoms with Gasteiger partial charge in [0.1, 0.15) is 18.1 Å². The van der Waals surface area contributed by atoms with Gasteiger partial charge in [0, 0.05) is 12.6 Å². The summed E-state index contributed by atoms with van der Waals surface area (Å²) in [6.07, 6.45) is 1.99. The maximum Gasteiger partial charge on any atom is 0.254 e. The number of rotatable bonds is 5. The fourth-order valence-corrected chi connectivity index (χ4v) is 3.84.